The van der Waals surface area contributed by atoms with Crippen LogP contribution in [0.4, 0.5) is 11.4 Å². The summed E-state index contributed by atoms with van der Waals surface area (Å²) in [7, 11) is 0. The number of rotatable bonds is 2. The number of anilines is 2. The van der Waals surface area contributed by atoms with Gasteiger partial charge < -0.3 is 10.1 Å². The number of nitrogens with zero attached hydrogens (tertiary/aromatic N) is 2. The summed E-state index contributed by atoms with van der Waals surface area (Å²) < 4.78 is 6.26. The molecule has 2 aliphatic rings. The maximum atomic E-state index is 13.3. The first-order valence-corrected chi connectivity index (χ1v) is 9.82. The van der Waals surface area contributed by atoms with Crippen LogP contribution < -0.4 is 10.3 Å². The lowest BCUT2D eigenvalue weighted by Crippen LogP contribution is -2.47. The number of benzene rings is 3. The summed E-state index contributed by atoms with van der Waals surface area (Å²) in [6, 6.07) is 19.4. The van der Waals surface area contributed by atoms with Crippen LogP contribution in [0.3, 0.4) is 0 Å². The van der Waals surface area contributed by atoms with Crippen molar-refractivity contribution >= 4 is 58.0 Å². The molecule has 5 rings (SSSR count). The second-order valence-corrected chi connectivity index (χ2v) is 7.85. The minimum Gasteiger partial charge on any atom is -0.433 e. The Bertz CT molecular complexity index is 1200. The first kappa shape index (κ1) is 18.3. The molecule has 0 bridgehead atoms. The molecule has 3 aromatic carbocycles. The smallest absolute Gasteiger partial charge is 0.311 e. The summed E-state index contributed by atoms with van der Waals surface area (Å²) in [5.41, 5.74) is 0.745. The highest BCUT2D eigenvalue weighted by Gasteiger charge is 2.59. The van der Waals surface area contributed by atoms with E-state index in [1.807, 2.05) is 6.07 Å². The predicted molar refractivity (Wildman–Crippen MR) is 115 cm³/mol. The van der Waals surface area contributed by atoms with Gasteiger partial charge in [-0.05, 0) is 42.5 Å². The predicted octanol–water partition coefficient (Wildman–Crippen LogP) is 5.65. The number of hydrogen-bond acceptors (Lipinski definition) is 4. The van der Waals surface area contributed by atoms with Gasteiger partial charge in [-0.25, -0.2) is 5.01 Å². The Labute approximate surface area is 181 Å². The van der Waals surface area contributed by atoms with Gasteiger partial charge in [0.25, 0.3) is 5.91 Å². The van der Waals surface area contributed by atoms with Crippen LogP contribution in [0.2, 0.25) is 15.1 Å². The number of hydrazone groups is 1. The number of para-hydroxylation sites is 1. The fourth-order valence-electron chi connectivity index (χ4n) is 3.52. The minimum absolute atomic E-state index is 0.260. The van der Waals surface area contributed by atoms with Crippen LogP contribution in [-0.4, -0.2) is 11.8 Å². The SMILES string of the molecule is O=C1Nc2c(Cl)cccc2C12OC(c1cccc(Cl)c1)=NN2c1cccc(Cl)c1. The second-order valence-electron chi connectivity index (χ2n) is 6.57. The third-order valence-electron chi connectivity index (χ3n) is 4.78. The van der Waals surface area contributed by atoms with Crippen molar-refractivity contribution in [2.45, 2.75) is 5.72 Å². The van der Waals surface area contributed by atoms with Gasteiger partial charge in [-0.15, -0.1) is 5.10 Å². The Morgan fingerprint density at radius 1 is 0.931 bits per heavy atom. The monoisotopic (exact) mass is 443 g/mol. The molecular weight excluding hydrogens is 433 g/mol. The van der Waals surface area contributed by atoms with Gasteiger partial charge >= 0.3 is 5.72 Å². The summed E-state index contributed by atoms with van der Waals surface area (Å²) in [5, 5.41) is 10.4. The van der Waals surface area contributed by atoms with Crippen molar-refractivity contribution < 1.29 is 9.53 Å². The van der Waals surface area contributed by atoms with E-state index < -0.39 is 11.6 Å². The maximum Gasteiger partial charge on any atom is 0.311 e. The number of fused-ring (bicyclic) bond motifs is 2. The maximum absolute atomic E-state index is 13.3. The Hall–Kier alpha value is -2.73. The fourth-order valence-corrected chi connectivity index (χ4v) is 4.11. The molecule has 144 valence electrons. The zero-order chi connectivity index (χ0) is 20.2. The molecule has 1 spiro atoms. The van der Waals surface area contributed by atoms with Gasteiger partial charge in [-0.2, -0.15) is 0 Å². The van der Waals surface area contributed by atoms with Crippen molar-refractivity contribution in [2.75, 3.05) is 10.3 Å². The molecule has 5 nitrogen and oxygen atoms in total. The van der Waals surface area contributed by atoms with Gasteiger partial charge in [0.1, 0.15) is 0 Å². The molecule has 0 saturated carbocycles. The van der Waals surface area contributed by atoms with Crippen molar-refractivity contribution in [3.8, 4) is 0 Å². The number of amides is 1. The van der Waals surface area contributed by atoms with E-state index >= 15 is 0 Å². The normalized spacial score (nSPS) is 19.8. The van der Waals surface area contributed by atoms with Crippen LogP contribution in [0.25, 0.3) is 0 Å². The number of hydrogen-bond donors (Lipinski definition) is 1. The molecule has 1 N–H and O–H groups in total. The van der Waals surface area contributed by atoms with Gasteiger partial charge in [-0.3, -0.25) is 4.79 Å². The summed E-state index contributed by atoms with van der Waals surface area (Å²) in [5.74, 6) is -0.142. The van der Waals surface area contributed by atoms with Crippen LogP contribution in [-0.2, 0) is 15.3 Å². The quantitative estimate of drug-likeness (QED) is 0.556. The third kappa shape index (κ3) is 2.77. The fraction of sp³-hybridized carbons (Fsp3) is 0.0476. The molecule has 1 atom stereocenters. The number of ether oxygens (including phenoxy) is 1. The lowest BCUT2D eigenvalue weighted by Gasteiger charge is -2.30. The van der Waals surface area contributed by atoms with Crippen LogP contribution in [0, 0.1) is 0 Å². The summed E-state index contributed by atoms with van der Waals surface area (Å²) in [6.07, 6.45) is 0. The lowest BCUT2D eigenvalue weighted by molar-refractivity contribution is -0.130. The Morgan fingerprint density at radius 2 is 1.66 bits per heavy atom. The molecule has 0 radical (unpaired) electrons. The Morgan fingerprint density at radius 3 is 2.41 bits per heavy atom. The third-order valence-corrected chi connectivity index (χ3v) is 5.57. The molecule has 2 heterocycles. The van der Waals surface area contributed by atoms with Crippen molar-refractivity contribution in [3.63, 3.8) is 0 Å². The van der Waals surface area contributed by atoms with Crippen LogP contribution in [0.5, 0.6) is 0 Å². The first-order chi connectivity index (χ1) is 14.0. The van der Waals surface area contributed by atoms with E-state index in [2.05, 4.69) is 10.4 Å². The molecule has 3 aromatic rings. The standard InChI is InChI=1S/C21H12Cl3N3O2/c22-13-5-1-4-12(10-13)19-26-27(15-7-2-6-14(23)11-15)21(29-19)16-8-3-9-17(24)18(16)25-20(21)28/h1-11H,(H,25,28). The van der Waals surface area contributed by atoms with E-state index in [1.54, 1.807) is 60.7 Å². The van der Waals surface area contributed by atoms with Gasteiger partial charge in [0.2, 0.25) is 5.90 Å². The largest absolute Gasteiger partial charge is 0.433 e. The molecule has 2 aliphatic heterocycles. The van der Waals surface area contributed by atoms with Gasteiger partial charge in [0.15, 0.2) is 0 Å². The summed E-state index contributed by atoms with van der Waals surface area (Å²) >= 11 is 18.7. The highest BCUT2D eigenvalue weighted by Crippen LogP contribution is 2.49. The Kier molecular flexibility index (Phi) is 4.21. The number of carbonyl (C=O) groups excluding carboxylic acids is 1. The lowest BCUT2D eigenvalue weighted by atomic mass is 10.0. The molecule has 0 saturated heterocycles. The molecule has 8 heteroatoms. The van der Waals surface area contributed by atoms with E-state index in [4.69, 9.17) is 39.5 Å². The van der Waals surface area contributed by atoms with Crippen LogP contribution in [0.1, 0.15) is 11.1 Å². The number of halogens is 3. The molecule has 1 unspecified atom stereocenters. The molecule has 29 heavy (non-hydrogen) atoms. The highest BCUT2D eigenvalue weighted by atomic mass is 35.5. The summed E-state index contributed by atoms with van der Waals surface area (Å²) in [4.78, 5) is 13.3. The second kappa shape index (κ2) is 6.66. The molecule has 0 aliphatic carbocycles. The van der Waals surface area contributed by atoms with Crippen molar-refractivity contribution in [1.29, 1.82) is 0 Å². The van der Waals surface area contributed by atoms with Crippen molar-refractivity contribution in [2.24, 2.45) is 5.10 Å². The average Bonchev–Trinajstić information content (AvgIpc) is 3.23. The molecular formula is C21H12Cl3N3O2. The zero-order valence-electron chi connectivity index (χ0n) is 14.7. The molecule has 0 aromatic heterocycles. The van der Waals surface area contributed by atoms with Crippen LogP contribution >= 0.6 is 34.8 Å². The van der Waals surface area contributed by atoms with Crippen molar-refractivity contribution in [1.82, 2.24) is 0 Å². The van der Waals surface area contributed by atoms with Crippen molar-refractivity contribution in [3.05, 3.63) is 92.9 Å². The van der Waals surface area contributed by atoms with E-state index in [9.17, 15) is 4.79 Å². The van der Waals surface area contributed by atoms with E-state index in [1.165, 1.54) is 5.01 Å². The highest BCUT2D eigenvalue weighted by molar-refractivity contribution is 6.35. The number of nitrogens with one attached hydrogen (secondary N) is 1. The van der Waals surface area contributed by atoms with Gasteiger partial charge in [0.05, 0.1) is 22.0 Å². The topological polar surface area (TPSA) is 53.9 Å². The zero-order valence-corrected chi connectivity index (χ0v) is 17.0. The summed E-state index contributed by atoms with van der Waals surface area (Å²) in [6.45, 7) is 0. The van der Waals surface area contributed by atoms with Crippen LogP contribution in [0.15, 0.2) is 71.8 Å². The molecule has 1 amide bonds. The van der Waals surface area contributed by atoms with Gasteiger partial charge in [0, 0.05) is 15.6 Å². The van der Waals surface area contributed by atoms with E-state index in [0.29, 0.717) is 37.6 Å². The average molecular weight is 445 g/mol. The molecule has 0 fully saturated rings. The van der Waals surface area contributed by atoms with Gasteiger partial charge in [-0.1, -0.05) is 59.1 Å². The number of carbonyl (C=O) groups is 1. The van der Waals surface area contributed by atoms with E-state index in [-0.39, 0.29) is 5.90 Å². The minimum atomic E-state index is -1.55. The first-order valence-electron chi connectivity index (χ1n) is 8.69. The Balaban J connectivity index is 1.73. The van der Waals surface area contributed by atoms with E-state index in [0.717, 1.165) is 0 Å².